The molecule has 0 aliphatic carbocycles. The van der Waals surface area contributed by atoms with Crippen LogP contribution < -0.4 is 15.5 Å². The van der Waals surface area contributed by atoms with Crippen LogP contribution in [-0.2, 0) is 9.59 Å². The average molecular weight is 294 g/mol. The number of carbonyl (C=O) groups excluding carboxylic acids is 2. The second kappa shape index (κ2) is 9.77. The van der Waals surface area contributed by atoms with Crippen LogP contribution in [0.15, 0.2) is 24.3 Å². The smallest absolute Gasteiger partial charge is 0.243 e. The molecule has 0 aliphatic heterocycles. The topological polar surface area (TPSA) is 87.7 Å². The highest BCUT2D eigenvalue weighted by molar-refractivity contribution is 5.90. The quantitative estimate of drug-likeness (QED) is 0.371. The van der Waals surface area contributed by atoms with Crippen molar-refractivity contribution < 1.29 is 19.5 Å². The number of benzene rings is 1. The van der Waals surface area contributed by atoms with E-state index in [4.69, 9.17) is 9.94 Å². The van der Waals surface area contributed by atoms with Gasteiger partial charge in [-0.2, -0.15) is 0 Å². The molecule has 3 N–H and O–H groups in total. The molecule has 0 fully saturated rings. The van der Waals surface area contributed by atoms with Gasteiger partial charge in [0.25, 0.3) is 0 Å². The molecule has 0 unspecified atom stereocenters. The first-order valence-electron chi connectivity index (χ1n) is 7.02. The van der Waals surface area contributed by atoms with Crippen molar-refractivity contribution in [3.8, 4) is 5.75 Å². The Morgan fingerprint density at radius 1 is 1.00 bits per heavy atom. The molecule has 0 saturated heterocycles. The van der Waals surface area contributed by atoms with Crippen LogP contribution in [0.1, 0.15) is 38.5 Å². The van der Waals surface area contributed by atoms with Crippen LogP contribution in [0.2, 0.25) is 0 Å². The molecule has 1 aromatic carbocycles. The van der Waals surface area contributed by atoms with E-state index in [-0.39, 0.29) is 11.8 Å². The second-order valence-electron chi connectivity index (χ2n) is 4.73. The molecule has 6 nitrogen and oxygen atoms in total. The molecule has 21 heavy (non-hydrogen) atoms. The highest BCUT2D eigenvalue weighted by atomic mass is 16.5. The van der Waals surface area contributed by atoms with Gasteiger partial charge in [-0.1, -0.05) is 12.8 Å². The van der Waals surface area contributed by atoms with Gasteiger partial charge in [0.05, 0.1) is 7.11 Å². The summed E-state index contributed by atoms with van der Waals surface area (Å²) in [6, 6.07) is 7.18. The van der Waals surface area contributed by atoms with Gasteiger partial charge in [-0.05, 0) is 37.1 Å². The zero-order valence-electron chi connectivity index (χ0n) is 12.2. The van der Waals surface area contributed by atoms with E-state index in [1.165, 1.54) is 0 Å². The summed E-state index contributed by atoms with van der Waals surface area (Å²) in [6.45, 7) is 0. The Morgan fingerprint density at radius 2 is 1.57 bits per heavy atom. The number of ether oxygens (including phenoxy) is 1. The summed E-state index contributed by atoms with van der Waals surface area (Å²) in [5, 5.41) is 11.1. The summed E-state index contributed by atoms with van der Waals surface area (Å²) in [5.74, 6) is 0.362. The molecular weight excluding hydrogens is 272 g/mol. The number of hydrogen-bond acceptors (Lipinski definition) is 4. The molecule has 0 heterocycles. The number of hydroxylamine groups is 1. The standard InChI is InChI=1S/C15H22N2O4/c1-21-13-10-8-12(9-11-13)16-14(18)6-4-2-3-5-7-15(19)17-20/h8-11,20H,2-7H2,1H3,(H,16,18)(H,17,19). The number of nitrogens with one attached hydrogen (secondary N) is 2. The lowest BCUT2D eigenvalue weighted by molar-refractivity contribution is -0.129. The third-order valence-corrected chi connectivity index (χ3v) is 3.06. The normalized spacial score (nSPS) is 10.0. The Morgan fingerprint density at radius 3 is 2.10 bits per heavy atom. The maximum Gasteiger partial charge on any atom is 0.243 e. The lowest BCUT2D eigenvalue weighted by Gasteiger charge is -2.06. The average Bonchev–Trinajstić information content (AvgIpc) is 2.51. The Balaban J connectivity index is 2.12. The third-order valence-electron chi connectivity index (χ3n) is 3.06. The zero-order valence-corrected chi connectivity index (χ0v) is 12.2. The van der Waals surface area contributed by atoms with Crippen molar-refractivity contribution in [2.45, 2.75) is 38.5 Å². The van der Waals surface area contributed by atoms with Crippen molar-refractivity contribution in [3.63, 3.8) is 0 Å². The summed E-state index contributed by atoms with van der Waals surface area (Å²) >= 11 is 0. The first kappa shape index (κ1) is 17.0. The van der Waals surface area contributed by atoms with Gasteiger partial charge in [0.15, 0.2) is 0 Å². The lowest BCUT2D eigenvalue weighted by atomic mass is 10.1. The number of carbonyl (C=O) groups is 2. The van der Waals surface area contributed by atoms with Crippen molar-refractivity contribution in [2.75, 3.05) is 12.4 Å². The molecule has 0 aromatic heterocycles. The molecule has 0 aliphatic rings. The fraction of sp³-hybridized carbons (Fsp3) is 0.467. The summed E-state index contributed by atoms with van der Waals surface area (Å²) in [7, 11) is 1.60. The number of hydrogen-bond donors (Lipinski definition) is 3. The van der Waals surface area contributed by atoms with E-state index in [1.807, 2.05) is 0 Å². The van der Waals surface area contributed by atoms with Gasteiger partial charge in [0.2, 0.25) is 11.8 Å². The van der Waals surface area contributed by atoms with Gasteiger partial charge in [0.1, 0.15) is 5.75 Å². The first-order chi connectivity index (χ1) is 10.2. The second-order valence-corrected chi connectivity index (χ2v) is 4.73. The summed E-state index contributed by atoms with van der Waals surface area (Å²) in [6.07, 6.45) is 4.01. The number of anilines is 1. The Hall–Kier alpha value is -2.08. The Bertz CT molecular complexity index is 445. The summed E-state index contributed by atoms with van der Waals surface area (Å²) in [5.41, 5.74) is 2.35. The molecule has 0 bridgehead atoms. The van der Waals surface area contributed by atoms with Crippen LogP contribution >= 0.6 is 0 Å². The molecule has 0 radical (unpaired) electrons. The molecule has 2 amide bonds. The molecule has 6 heteroatoms. The molecule has 1 rings (SSSR count). The summed E-state index contributed by atoms with van der Waals surface area (Å²) < 4.78 is 5.04. The number of rotatable bonds is 9. The molecule has 0 saturated carbocycles. The number of amides is 2. The van der Waals surface area contributed by atoms with Crippen molar-refractivity contribution in [3.05, 3.63) is 24.3 Å². The molecule has 116 valence electrons. The molecule has 0 spiro atoms. The fourth-order valence-electron chi connectivity index (χ4n) is 1.88. The molecular formula is C15H22N2O4. The van der Waals surface area contributed by atoms with Crippen molar-refractivity contribution in [2.24, 2.45) is 0 Å². The predicted octanol–water partition coefficient (Wildman–Crippen LogP) is 2.48. The van der Waals surface area contributed by atoms with Gasteiger partial charge in [-0.3, -0.25) is 14.8 Å². The highest BCUT2D eigenvalue weighted by Gasteiger charge is 2.03. The van der Waals surface area contributed by atoms with E-state index in [0.29, 0.717) is 19.3 Å². The Labute approximate surface area is 124 Å². The maximum absolute atomic E-state index is 11.7. The van der Waals surface area contributed by atoms with E-state index in [9.17, 15) is 9.59 Å². The van der Waals surface area contributed by atoms with Gasteiger partial charge in [-0.15, -0.1) is 0 Å². The van der Waals surface area contributed by atoms with Gasteiger partial charge < -0.3 is 10.1 Å². The maximum atomic E-state index is 11.7. The van der Waals surface area contributed by atoms with Crippen LogP contribution in [0.5, 0.6) is 5.75 Å². The minimum absolute atomic E-state index is 0.0201. The van der Waals surface area contributed by atoms with E-state index < -0.39 is 0 Å². The Kier molecular flexibility index (Phi) is 7.89. The van der Waals surface area contributed by atoms with Crippen LogP contribution in [0.4, 0.5) is 5.69 Å². The van der Waals surface area contributed by atoms with Crippen molar-refractivity contribution >= 4 is 17.5 Å². The van der Waals surface area contributed by atoms with Gasteiger partial charge in [-0.25, -0.2) is 5.48 Å². The van der Waals surface area contributed by atoms with E-state index in [0.717, 1.165) is 30.7 Å². The first-order valence-corrected chi connectivity index (χ1v) is 7.02. The monoisotopic (exact) mass is 294 g/mol. The largest absolute Gasteiger partial charge is 0.497 e. The molecule has 1 aromatic rings. The fourth-order valence-corrected chi connectivity index (χ4v) is 1.88. The van der Waals surface area contributed by atoms with E-state index in [2.05, 4.69) is 5.32 Å². The number of unbranched alkanes of at least 4 members (excludes halogenated alkanes) is 3. The summed E-state index contributed by atoms with van der Waals surface area (Å²) in [4.78, 5) is 22.5. The lowest BCUT2D eigenvalue weighted by Crippen LogP contribution is -2.17. The SMILES string of the molecule is COc1ccc(NC(=O)CCCCCCC(=O)NO)cc1. The van der Waals surface area contributed by atoms with Gasteiger partial charge >= 0.3 is 0 Å². The van der Waals surface area contributed by atoms with Gasteiger partial charge in [0, 0.05) is 18.5 Å². The van der Waals surface area contributed by atoms with Crippen LogP contribution in [-0.4, -0.2) is 24.1 Å². The van der Waals surface area contributed by atoms with Crippen molar-refractivity contribution in [1.29, 1.82) is 0 Å². The molecule has 0 atom stereocenters. The predicted molar refractivity (Wildman–Crippen MR) is 79.3 cm³/mol. The highest BCUT2D eigenvalue weighted by Crippen LogP contribution is 2.15. The van der Waals surface area contributed by atoms with Crippen LogP contribution in [0.3, 0.4) is 0 Å². The minimum Gasteiger partial charge on any atom is -0.497 e. The van der Waals surface area contributed by atoms with Crippen LogP contribution in [0, 0.1) is 0 Å². The van der Waals surface area contributed by atoms with E-state index in [1.54, 1.807) is 36.9 Å². The minimum atomic E-state index is -0.368. The third kappa shape index (κ3) is 7.31. The van der Waals surface area contributed by atoms with E-state index >= 15 is 0 Å². The number of methoxy groups -OCH3 is 1. The zero-order chi connectivity index (χ0) is 15.5. The van der Waals surface area contributed by atoms with Crippen molar-refractivity contribution in [1.82, 2.24) is 5.48 Å². The van der Waals surface area contributed by atoms with Crippen LogP contribution in [0.25, 0.3) is 0 Å².